The molecule has 0 aliphatic carbocycles. The summed E-state index contributed by atoms with van der Waals surface area (Å²) in [7, 11) is 0. The zero-order chi connectivity index (χ0) is 24.1. The third-order valence-corrected chi connectivity index (χ3v) is 5.14. The maximum atomic E-state index is 12.4. The number of thioether (sulfide) groups is 1. The topological polar surface area (TPSA) is 191 Å². The van der Waals surface area contributed by atoms with Crippen molar-refractivity contribution in [3.05, 3.63) is 35.9 Å². The summed E-state index contributed by atoms with van der Waals surface area (Å²) in [6.07, 6.45) is 2.15. The molecule has 1 aromatic rings. The fourth-order valence-corrected chi connectivity index (χ4v) is 3.14. The van der Waals surface area contributed by atoms with E-state index in [1.54, 1.807) is 30.5 Å². The Morgan fingerprint density at radius 2 is 1.41 bits per heavy atom. The number of nitrogens with two attached hydrogens (primary N) is 1. The van der Waals surface area contributed by atoms with Gasteiger partial charge in [0.2, 0.25) is 17.7 Å². The van der Waals surface area contributed by atoms with Gasteiger partial charge in [-0.3, -0.25) is 14.4 Å². The van der Waals surface area contributed by atoms with Crippen molar-refractivity contribution < 1.29 is 34.5 Å². The predicted octanol–water partition coefficient (Wildman–Crippen LogP) is -2.17. The smallest absolute Gasteiger partial charge is 0.326 e. The van der Waals surface area contributed by atoms with Gasteiger partial charge in [-0.15, -0.1) is 0 Å². The van der Waals surface area contributed by atoms with E-state index in [1.807, 2.05) is 6.07 Å². The SMILES string of the molecule is CSCCC(NC(=O)C(CO)NC(=O)C(CO)NC(=O)C(N)Cc1ccccc1)C(=O)O. The third kappa shape index (κ3) is 9.22. The number of hydrogen-bond acceptors (Lipinski definition) is 8. The first-order valence-corrected chi connectivity index (χ1v) is 11.3. The quantitative estimate of drug-likeness (QED) is 0.159. The normalized spacial score (nSPS) is 14.5. The first-order valence-electron chi connectivity index (χ1n) is 9.87. The minimum absolute atomic E-state index is 0.156. The van der Waals surface area contributed by atoms with Crippen LogP contribution in [0.15, 0.2) is 30.3 Å². The molecular weight excluding hydrogens is 440 g/mol. The molecule has 1 rings (SSSR count). The van der Waals surface area contributed by atoms with Gasteiger partial charge in [0.05, 0.1) is 19.3 Å². The predicted molar refractivity (Wildman–Crippen MR) is 119 cm³/mol. The number of carbonyl (C=O) groups excluding carboxylic acids is 3. The van der Waals surface area contributed by atoms with Crippen LogP contribution in [0.25, 0.3) is 0 Å². The van der Waals surface area contributed by atoms with E-state index in [4.69, 9.17) is 5.73 Å². The van der Waals surface area contributed by atoms with E-state index in [2.05, 4.69) is 16.0 Å². The Balaban J connectivity index is 2.68. The van der Waals surface area contributed by atoms with E-state index < -0.39 is 61.1 Å². The lowest BCUT2D eigenvalue weighted by atomic mass is 10.1. The molecule has 3 amide bonds. The average Bonchev–Trinajstić information content (AvgIpc) is 2.78. The molecule has 32 heavy (non-hydrogen) atoms. The molecule has 11 nitrogen and oxygen atoms in total. The lowest BCUT2D eigenvalue weighted by Gasteiger charge is -2.23. The number of aliphatic carboxylic acids is 1. The van der Waals surface area contributed by atoms with Crippen LogP contribution >= 0.6 is 11.8 Å². The minimum Gasteiger partial charge on any atom is -0.480 e. The highest BCUT2D eigenvalue weighted by Gasteiger charge is 2.29. The Labute approximate surface area is 190 Å². The van der Waals surface area contributed by atoms with Crippen LogP contribution in [0.1, 0.15) is 12.0 Å². The number of amides is 3. The Morgan fingerprint density at radius 3 is 1.88 bits per heavy atom. The molecule has 0 bridgehead atoms. The van der Waals surface area contributed by atoms with Gasteiger partial charge < -0.3 is 37.0 Å². The van der Waals surface area contributed by atoms with Crippen LogP contribution in [0.4, 0.5) is 0 Å². The van der Waals surface area contributed by atoms with Gasteiger partial charge in [-0.1, -0.05) is 30.3 Å². The summed E-state index contributed by atoms with van der Waals surface area (Å²) in [5, 5.41) is 34.9. The molecule has 0 saturated carbocycles. The molecule has 1 aromatic carbocycles. The van der Waals surface area contributed by atoms with Gasteiger partial charge in [-0.2, -0.15) is 11.8 Å². The Hall–Kier alpha value is -2.67. The van der Waals surface area contributed by atoms with Crippen LogP contribution in [-0.2, 0) is 25.6 Å². The van der Waals surface area contributed by atoms with Gasteiger partial charge in [-0.25, -0.2) is 4.79 Å². The lowest BCUT2D eigenvalue weighted by molar-refractivity contribution is -0.142. The van der Waals surface area contributed by atoms with Crippen LogP contribution in [0, 0.1) is 0 Å². The van der Waals surface area contributed by atoms with E-state index in [0.29, 0.717) is 5.75 Å². The zero-order valence-corrected chi connectivity index (χ0v) is 18.5. The van der Waals surface area contributed by atoms with Crippen molar-refractivity contribution in [2.75, 3.05) is 25.2 Å². The molecule has 12 heteroatoms. The highest BCUT2D eigenvalue weighted by Crippen LogP contribution is 2.03. The van der Waals surface area contributed by atoms with Crippen molar-refractivity contribution in [1.29, 1.82) is 0 Å². The van der Waals surface area contributed by atoms with E-state index in [1.165, 1.54) is 11.8 Å². The molecule has 4 unspecified atom stereocenters. The summed E-state index contributed by atoms with van der Waals surface area (Å²) in [5.74, 6) is -3.29. The number of rotatable bonds is 14. The number of carboxylic acid groups (broad SMARTS) is 1. The molecule has 0 heterocycles. The monoisotopic (exact) mass is 470 g/mol. The van der Waals surface area contributed by atoms with Crippen molar-refractivity contribution in [2.45, 2.75) is 37.0 Å². The number of carboxylic acids is 1. The summed E-state index contributed by atoms with van der Waals surface area (Å²) < 4.78 is 0. The van der Waals surface area contributed by atoms with Crippen molar-refractivity contribution in [3.8, 4) is 0 Å². The summed E-state index contributed by atoms with van der Waals surface area (Å²) in [6.45, 7) is -1.59. The largest absolute Gasteiger partial charge is 0.480 e. The summed E-state index contributed by atoms with van der Waals surface area (Å²) in [6, 6.07) is 3.92. The van der Waals surface area contributed by atoms with Crippen LogP contribution in [-0.4, -0.2) is 88.4 Å². The molecule has 0 spiro atoms. The Morgan fingerprint density at radius 1 is 0.906 bits per heavy atom. The number of aliphatic hydroxyl groups excluding tert-OH is 2. The fourth-order valence-electron chi connectivity index (χ4n) is 2.67. The molecule has 0 aliphatic rings. The van der Waals surface area contributed by atoms with Crippen molar-refractivity contribution in [1.82, 2.24) is 16.0 Å². The second kappa shape index (κ2) is 14.4. The average molecular weight is 471 g/mol. The standard InChI is InChI=1S/C20H30N4O7S/c1-32-8-7-14(20(30)31)22-18(28)16(11-26)24-19(29)15(10-25)23-17(27)13(21)9-12-5-3-2-4-6-12/h2-6,13-16,25-26H,7-11,21H2,1H3,(H,22,28)(H,23,27)(H,24,29)(H,30,31). The molecule has 0 aliphatic heterocycles. The second-order valence-electron chi connectivity index (χ2n) is 6.96. The van der Waals surface area contributed by atoms with Crippen LogP contribution < -0.4 is 21.7 Å². The number of benzene rings is 1. The summed E-state index contributed by atoms with van der Waals surface area (Å²) in [4.78, 5) is 48.3. The minimum atomic E-state index is -1.47. The zero-order valence-electron chi connectivity index (χ0n) is 17.7. The summed E-state index contributed by atoms with van der Waals surface area (Å²) in [5.41, 5.74) is 6.68. The summed E-state index contributed by atoms with van der Waals surface area (Å²) >= 11 is 1.40. The molecule has 4 atom stereocenters. The van der Waals surface area contributed by atoms with E-state index in [-0.39, 0.29) is 12.8 Å². The van der Waals surface area contributed by atoms with E-state index in [9.17, 15) is 34.5 Å². The van der Waals surface area contributed by atoms with Gasteiger partial charge in [0, 0.05) is 0 Å². The highest BCUT2D eigenvalue weighted by atomic mass is 32.2. The fraction of sp³-hybridized carbons (Fsp3) is 0.500. The molecule has 0 fully saturated rings. The maximum Gasteiger partial charge on any atom is 0.326 e. The number of hydrogen-bond donors (Lipinski definition) is 7. The Kier molecular flexibility index (Phi) is 12.3. The number of carbonyl (C=O) groups is 4. The molecule has 0 radical (unpaired) electrons. The van der Waals surface area contributed by atoms with E-state index >= 15 is 0 Å². The van der Waals surface area contributed by atoms with Crippen LogP contribution in [0.2, 0.25) is 0 Å². The van der Waals surface area contributed by atoms with Crippen molar-refractivity contribution in [2.24, 2.45) is 5.73 Å². The van der Waals surface area contributed by atoms with Gasteiger partial charge in [0.15, 0.2) is 0 Å². The molecule has 0 saturated heterocycles. The first-order chi connectivity index (χ1) is 15.2. The molecule has 0 aromatic heterocycles. The second-order valence-corrected chi connectivity index (χ2v) is 7.95. The Bertz CT molecular complexity index is 766. The van der Waals surface area contributed by atoms with Crippen LogP contribution in [0.3, 0.4) is 0 Å². The first kappa shape index (κ1) is 27.4. The highest BCUT2D eigenvalue weighted by molar-refractivity contribution is 7.98. The number of nitrogens with one attached hydrogen (secondary N) is 3. The number of aliphatic hydroxyl groups is 2. The van der Waals surface area contributed by atoms with Gasteiger partial charge in [0.25, 0.3) is 0 Å². The third-order valence-electron chi connectivity index (χ3n) is 4.49. The lowest BCUT2D eigenvalue weighted by Crippen LogP contribution is -2.59. The van der Waals surface area contributed by atoms with Gasteiger partial charge >= 0.3 is 5.97 Å². The molecule has 8 N–H and O–H groups in total. The molecule has 178 valence electrons. The maximum absolute atomic E-state index is 12.4. The van der Waals surface area contributed by atoms with Gasteiger partial charge in [0.1, 0.15) is 18.1 Å². The van der Waals surface area contributed by atoms with Crippen molar-refractivity contribution >= 4 is 35.5 Å². The molecular formula is C20H30N4O7S. The van der Waals surface area contributed by atoms with Crippen molar-refractivity contribution in [3.63, 3.8) is 0 Å². The van der Waals surface area contributed by atoms with Gasteiger partial charge in [-0.05, 0) is 30.4 Å². The van der Waals surface area contributed by atoms with E-state index in [0.717, 1.165) is 5.56 Å². The van der Waals surface area contributed by atoms with Crippen LogP contribution in [0.5, 0.6) is 0 Å².